The summed E-state index contributed by atoms with van der Waals surface area (Å²) in [5, 5.41) is 0. The molecule has 20 heavy (non-hydrogen) atoms. The highest BCUT2D eigenvalue weighted by molar-refractivity contribution is 5.35. The largest absolute Gasteiger partial charge is 0.492 e. The minimum Gasteiger partial charge on any atom is -0.492 e. The number of aromatic nitrogens is 1. The summed E-state index contributed by atoms with van der Waals surface area (Å²) in [5.41, 5.74) is 9.70. The molecule has 106 valence electrons. The van der Waals surface area contributed by atoms with Crippen LogP contribution >= 0.6 is 0 Å². The van der Waals surface area contributed by atoms with Crippen LogP contribution in [0.2, 0.25) is 0 Å². The van der Waals surface area contributed by atoms with Crippen molar-refractivity contribution in [2.45, 2.75) is 32.7 Å². The van der Waals surface area contributed by atoms with Crippen molar-refractivity contribution >= 4 is 0 Å². The Labute approximate surface area is 120 Å². The minimum atomic E-state index is -0.168. The highest BCUT2D eigenvalue weighted by atomic mass is 16.5. The smallest absolute Gasteiger partial charge is 0.137 e. The van der Waals surface area contributed by atoms with Gasteiger partial charge in [0.25, 0.3) is 0 Å². The van der Waals surface area contributed by atoms with Gasteiger partial charge in [0.05, 0.1) is 18.8 Å². The average Bonchev–Trinajstić information content (AvgIpc) is 2.52. The number of hydrogen-bond donors (Lipinski definition) is 1. The fourth-order valence-corrected chi connectivity index (χ4v) is 2.06. The van der Waals surface area contributed by atoms with E-state index in [2.05, 4.69) is 43.1 Å². The summed E-state index contributed by atoms with van der Waals surface area (Å²) in [4.78, 5) is 4.21. The molecule has 0 radical (unpaired) electrons. The van der Waals surface area contributed by atoms with E-state index in [0.717, 1.165) is 29.7 Å². The van der Waals surface area contributed by atoms with E-state index in [4.69, 9.17) is 10.5 Å². The molecule has 3 heteroatoms. The zero-order valence-electron chi connectivity index (χ0n) is 12.2. The standard InChI is InChI=1S/C17H22N2O/c1-3-9-20-16-10-15(11-19-12-16)17(18)14-7-5-13(4-2)6-8-14/h5-8,10-12,17H,3-4,9,18H2,1-2H3. The molecule has 0 saturated carbocycles. The molecule has 0 aliphatic carbocycles. The van der Waals surface area contributed by atoms with Crippen LogP contribution < -0.4 is 10.5 Å². The van der Waals surface area contributed by atoms with E-state index in [-0.39, 0.29) is 6.04 Å². The topological polar surface area (TPSA) is 48.1 Å². The van der Waals surface area contributed by atoms with E-state index in [1.807, 2.05) is 6.07 Å². The molecule has 0 aliphatic heterocycles. The monoisotopic (exact) mass is 270 g/mol. The molecule has 1 atom stereocenters. The molecule has 3 nitrogen and oxygen atoms in total. The van der Waals surface area contributed by atoms with Crippen LogP contribution in [0, 0.1) is 0 Å². The van der Waals surface area contributed by atoms with Gasteiger partial charge < -0.3 is 10.5 Å². The molecule has 2 rings (SSSR count). The van der Waals surface area contributed by atoms with Gasteiger partial charge in [-0.3, -0.25) is 4.98 Å². The lowest BCUT2D eigenvalue weighted by molar-refractivity contribution is 0.315. The Morgan fingerprint density at radius 3 is 2.50 bits per heavy atom. The third-order valence-corrected chi connectivity index (χ3v) is 3.31. The summed E-state index contributed by atoms with van der Waals surface area (Å²) >= 11 is 0. The van der Waals surface area contributed by atoms with E-state index in [1.54, 1.807) is 12.4 Å². The van der Waals surface area contributed by atoms with Gasteiger partial charge in [-0.25, -0.2) is 0 Å². The predicted octanol–water partition coefficient (Wildman–Crippen LogP) is 3.48. The number of rotatable bonds is 6. The lowest BCUT2D eigenvalue weighted by Gasteiger charge is -2.14. The Kier molecular flexibility index (Phi) is 5.13. The molecule has 0 spiro atoms. The van der Waals surface area contributed by atoms with Gasteiger partial charge in [-0.15, -0.1) is 0 Å². The summed E-state index contributed by atoms with van der Waals surface area (Å²) in [6.45, 7) is 4.93. The summed E-state index contributed by atoms with van der Waals surface area (Å²) in [7, 11) is 0. The lowest BCUT2D eigenvalue weighted by atomic mass is 9.99. The van der Waals surface area contributed by atoms with Crippen LogP contribution in [0.3, 0.4) is 0 Å². The van der Waals surface area contributed by atoms with Gasteiger partial charge in [0, 0.05) is 6.20 Å². The first-order valence-corrected chi connectivity index (χ1v) is 7.16. The third kappa shape index (κ3) is 3.58. The Bertz CT molecular complexity index is 537. The first-order valence-electron chi connectivity index (χ1n) is 7.16. The van der Waals surface area contributed by atoms with Crippen LogP contribution in [0.1, 0.15) is 43.0 Å². The maximum absolute atomic E-state index is 6.31. The second-order valence-corrected chi connectivity index (χ2v) is 4.88. The van der Waals surface area contributed by atoms with Gasteiger partial charge in [0.15, 0.2) is 0 Å². The van der Waals surface area contributed by atoms with Gasteiger partial charge in [0.1, 0.15) is 5.75 Å². The summed E-state index contributed by atoms with van der Waals surface area (Å²) in [6, 6.07) is 10.2. The Morgan fingerprint density at radius 1 is 1.10 bits per heavy atom. The number of aryl methyl sites for hydroxylation is 1. The van der Waals surface area contributed by atoms with Gasteiger partial charge in [0.2, 0.25) is 0 Å². The van der Waals surface area contributed by atoms with Crippen LogP contribution in [0.15, 0.2) is 42.7 Å². The maximum Gasteiger partial charge on any atom is 0.137 e. The van der Waals surface area contributed by atoms with E-state index >= 15 is 0 Å². The third-order valence-electron chi connectivity index (χ3n) is 3.31. The van der Waals surface area contributed by atoms with Crippen molar-refractivity contribution in [3.05, 3.63) is 59.4 Å². The van der Waals surface area contributed by atoms with Crippen molar-refractivity contribution in [2.24, 2.45) is 5.73 Å². The molecule has 1 heterocycles. The number of hydrogen-bond acceptors (Lipinski definition) is 3. The molecule has 0 bridgehead atoms. The van der Waals surface area contributed by atoms with Gasteiger partial charge in [-0.2, -0.15) is 0 Å². The molecule has 0 saturated heterocycles. The number of ether oxygens (including phenoxy) is 1. The van der Waals surface area contributed by atoms with E-state index in [0.29, 0.717) is 6.61 Å². The molecular formula is C17H22N2O. The fraction of sp³-hybridized carbons (Fsp3) is 0.353. The van der Waals surface area contributed by atoms with Crippen molar-refractivity contribution in [3.8, 4) is 5.75 Å². The van der Waals surface area contributed by atoms with Crippen molar-refractivity contribution < 1.29 is 4.74 Å². The minimum absolute atomic E-state index is 0.168. The quantitative estimate of drug-likeness (QED) is 0.874. The Balaban J connectivity index is 2.16. The van der Waals surface area contributed by atoms with Crippen LogP contribution in [0.25, 0.3) is 0 Å². The highest BCUT2D eigenvalue weighted by Crippen LogP contribution is 2.22. The molecule has 2 N–H and O–H groups in total. The summed E-state index contributed by atoms with van der Waals surface area (Å²) < 4.78 is 5.60. The first kappa shape index (κ1) is 14.5. The molecule has 1 unspecified atom stereocenters. The van der Waals surface area contributed by atoms with Crippen molar-refractivity contribution in [1.82, 2.24) is 4.98 Å². The lowest BCUT2D eigenvalue weighted by Crippen LogP contribution is -2.12. The van der Waals surface area contributed by atoms with Crippen LogP contribution in [-0.2, 0) is 6.42 Å². The normalized spacial score (nSPS) is 12.2. The van der Waals surface area contributed by atoms with Crippen LogP contribution in [0.5, 0.6) is 5.75 Å². The van der Waals surface area contributed by atoms with Crippen LogP contribution in [-0.4, -0.2) is 11.6 Å². The molecule has 0 aliphatic rings. The second-order valence-electron chi connectivity index (χ2n) is 4.88. The van der Waals surface area contributed by atoms with E-state index < -0.39 is 0 Å². The van der Waals surface area contributed by atoms with Gasteiger partial charge in [-0.05, 0) is 35.6 Å². The molecular weight excluding hydrogens is 248 g/mol. The molecule has 2 aromatic rings. The van der Waals surface area contributed by atoms with Gasteiger partial charge >= 0.3 is 0 Å². The summed E-state index contributed by atoms with van der Waals surface area (Å²) in [5.74, 6) is 0.782. The zero-order chi connectivity index (χ0) is 14.4. The molecule has 0 amide bonds. The molecule has 0 fully saturated rings. The van der Waals surface area contributed by atoms with Gasteiger partial charge in [-0.1, -0.05) is 38.1 Å². The zero-order valence-corrected chi connectivity index (χ0v) is 12.2. The van der Waals surface area contributed by atoms with Crippen molar-refractivity contribution in [1.29, 1.82) is 0 Å². The SMILES string of the molecule is CCCOc1cncc(C(N)c2ccc(CC)cc2)c1. The fourth-order valence-electron chi connectivity index (χ4n) is 2.06. The first-order chi connectivity index (χ1) is 9.74. The maximum atomic E-state index is 6.31. The van der Waals surface area contributed by atoms with Crippen molar-refractivity contribution in [2.75, 3.05) is 6.61 Å². The van der Waals surface area contributed by atoms with Crippen molar-refractivity contribution in [3.63, 3.8) is 0 Å². The Hall–Kier alpha value is -1.87. The van der Waals surface area contributed by atoms with Crippen LogP contribution in [0.4, 0.5) is 0 Å². The average molecular weight is 270 g/mol. The molecule has 1 aromatic heterocycles. The second kappa shape index (κ2) is 7.06. The molecule has 1 aromatic carbocycles. The summed E-state index contributed by atoms with van der Waals surface area (Å²) in [6.07, 6.45) is 5.55. The number of benzene rings is 1. The number of nitrogens with zero attached hydrogens (tertiary/aromatic N) is 1. The number of nitrogens with two attached hydrogens (primary N) is 1. The van der Waals surface area contributed by atoms with E-state index in [9.17, 15) is 0 Å². The van der Waals surface area contributed by atoms with E-state index in [1.165, 1.54) is 5.56 Å². The number of pyridine rings is 1. The predicted molar refractivity (Wildman–Crippen MR) is 81.9 cm³/mol. The highest BCUT2D eigenvalue weighted by Gasteiger charge is 2.10. The Morgan fingerprint density at radius 2 is 1.85 bits per heavy atom.